The van der Waals surface area contributed by atoms with Gasteiger partial charge in [-0.3, -0.25) is 4.79 Å². The van der Waals surface area contributed by atoms with Crippen LogP contribution in [0.15, 0.2) is 23.1 Å². The first-order valence-corrected chi connectivity index (χ1v) is 7.98. The molecule has 7 heteroatoms. The summed E-state index contributed by atoms with van der Waals surface area (Å²) in [5.74, 6) is -1.78. The van der Waals surface area contributed by atoms with Crippen molar-refractivity contribution in [1.82, 2.24) is 4.31 Å². The van der Waals surface area contributed by atoms with Crippen LogP contribution < -0.4 is 4.90 Å². The number of nitrogens with zero attached hydrogens (tertiary/aromatic N) is 2. The Bertz CT molecular complexity index is 626. The lowest BCUT2D eigenvalue weighted by molar-refractivity contribution is -0.141. The molecule has 0 fully saturated rings. The Balaban J connectivity index is 3.13. The highest BCUT2D eigenvalue weighted by Gasteiger charge is 2.25. The number of aliphatic carboxylic acids is 1. The summed E-state index contributed by atoms with van der Waals surface area (Å²) < 4.78 is 26.1. The number of anilines is 1. The summed E-state index contributed by atoms with van der Waals surface area (Å²) in [6.45, 7) is 3.32. The van der Waals surface area contributed by atoms with Crippen LogP contribution in [0.4, 0.5) is 5.69 Å². The van der Waals surface area contributed by atoms with Crippen molar-refractivity contribution in [2.75, 3.05) is 32.6 Å². The van der Waals surface area contributed by atoms with Gasteiger partial charge in [0.2, 0.25) is 10.0 Å². The van der Waals surface area contributed by atoms with Gasteiger partial charge in [0.25, 0.3) is 0 Å². The number of carboxylic acid groups (broad SMARTS) is 1. The molecular formula is C14H22N2O4S. The van der Waals surface area contributed by atoms with Crippen molar-refractivity contribution in [1.29, 1.82) is 0 Å². The third-order valence-electron chi connectivity index (χ3n) is 3.32. The summed E-state index contributed by atoms with van der Waals surface area (Å²) in [5.41, 5.74) is 1.79. The van der Waals surface area contributed by atoms with Gasteiger partial charge in [0.05, 0.1) is 10.8 Å². The number of rotatable bonds is 6. The van der Waals surface area contributed by atoms with Gasteiger partial charge in [-0.1, -0.05) is 13.0 Å². The van der Waals surface area contributed by atoms with Crippen molar-refractivity contribution in [3.8, 4) is 0 Å². The standard InChI is InChI=1S/C14H22N2O4S/c1-10-6-7-12(8-13(10)15(3)4)21(19,20)16(5)9-11(2)14(17)18/h6-8,11H,9H2,1-5H3,(H,17,18). The summed E-state index contributed by atoms with van der Waals surface area (Å²) in [4.78, 5) is 12.9. The van der Waals surface area contributed by atoms with Gasteiger partial charge in [-0.2, -0.15) is 0 Å². The van der Waals surface area contributed by atoms with Crippen LogP contribution in [0.3, 0.4) is 0 Å². The molecule has 0 spiro atoms. The lowest BCUT2D eigenvalue weighted by Crippen LogP contribution is -2.33. The number of hydrogen-bond acceptors (Lipinski definition) is 4. The number of carboxylic acids is 1. The normalized spacial score (nSPS) is 13.2. The summed E-state index contributed by atoms with van der Waals surface area (Å²) in [7, 11) is 1.38. The van der Waals surface area contributed by atoms with Gasteiger partial charge in [0.15, 0.2) is 0 Å². The molecule has 1 unspecified atom stereocenters. The number of aryl methyl sites for hydroxylation is 1. The number of benzene rings is 1. The topological polar surface area (TPSA) is 77.9 Å². The fraction of sp³-hybridized carbons (Fsp3) is 0.500. The average molecular weight is 314 g/mol. The first kappa shape index (κ1) is 17.5. The van der Waals surface area contributed by atoms with Crippen LogP contribution in [-0.2, 0) is 14.8 Å². The predicted molar refractivity (Wildman–Crippen MR) is 82.1 cm³/mol. The second kappa shape index (κ2) is 6.44. The Hall–Kier alpha value is -1.60. The highest BCUT2D eigenvalue weighted by Crippen LogP contribution is 2.24. The maximum absolute atomic E-state index is 12.5. The molecule has 0 aliphatic carbocycles. The Kier molecular flexibility index (Phi) is 5.36. The molecule has 1 rings (SSSR count). The van der Waals surface area contributed by atoms with Crippen LogP contribution in [0, 0.1) is 12.8 Å². The molecule has 1 aromatic carbocycles. The van der Waals surface area contributed by atoms with Crippen LogP contribution in [0.1, 0.15) is 12.5 Å². The van der Waals surface area contributed by atoms with Crippen molar-refractivity contribution in [3.63, 3.8) is 0 Å². The minimum absolute atomic E-state index is 0.0666. The second-order valence-electron chi connectivity index (χ2n) is 5.37. The van der Waals surface area contributed by atoms with E-state index >= 15 is 0 Å². The van der Waals surface area contributed by atoms with Crippen LogP contribution in [0.25, 0.3) is 0 Å². The lowest BCUT2D eigenvalue weighted by Gasteiger charge is -2.21. The Labute approximate surface area is 126 Å². The van der Waals surface area contributed by atoms with Crippen LogP contribution in [-0.4, -0.2) is 51.5 Å². The Morgan fingerprint density at radius 1 is 1.29 bits per heavy atom. The molecule has 0 heterocycles. The highest BCUT2D eigenvalue weighted by atomic mass is 32.2. The third kappa shape index (κ3) is 3.95. The SMILES string of the molecule is Cc1ccc(S(=O)(=O)N(C)CC(C)C(=O)O)cc1N(C)C. The van der Waals surface area contributed by atoms with E-state index in [0.29, 0.717) is 0 Å². The monoisotopic (exact) mass is 314 g/mol. The van der Waals surface area contributed by atoms with E-state index in [1.54, 1.807) is 18.2 Å². The van der Waals surface area contributed by atoms with E-state index in [9.17, 15) is 13.2 Å². The van der Waals surface area contributed by atoms with Crippen LogP contribution in [0.5, 0.6) is 0 Å². The Morgan fingerprint density at radius 3 is 2.33 bits per heavy atom. The maximum Gasteiger partial charge on any atom is 0.307 e. The van der Waals surface area contributed by atoms with Gasteiger partial charge in [-0.05, 0) is 24.6 Å². The first-order valence-electron chi connectivity index (χ1n) is 6.54. The third-order valence-corrected chi connectivity index (χ3v) is 5.14. The molecule has 1 N–H and O–H groups in total. The molecule has 6 nitrogen and oxygen atoms in total. The summed E-state index contributed by atoms with van der Waals surface area (Å²) >= 11 is 0. The summed E-state index contributed by atoms with van der Waals surface area (Å²) in [6, 6.07) is 4.89. The van der Waals surface area contributed by atoms with Gasteiger partial charge in [-0.25, -0.2) is 12.7 Å². The Morgan fingerprint density at radius 2 is 1.86 bits per heavy atom. The molecule has 0 aliphatic heterocycles. The van der Waals surface area contributed by atoms with Gasteiger partial charge in [-0.15, -0.1) is 0 Å². The zero-order valence-electron chi connectivity index (χ0n) is 13.0. The molecule has 0 bridgehead atoms. The van der Waals surface area contributed by atoms with E-state index < -0.39 is 21.9 Å². The lowest BCUT2D eigenvalue weighted by atomic mass is 10.2. The number of hydrogen-bond donors (Lipinski definition) is 1. The van der Waals surface area contributed by atoms with Crippen molar-refractivity contribution in [3.05, 3.63) is 23.8 Å². The average Bonchev–Trinajstić information content (AvgIpc) is 2.38. The van der Waals surface area contributed by atoms with E-state index in [4.69, 9.17) is 5.11 Å². The number of sulfonamides is 1. The smallest absolute Gasteiger partial charge is 0.307 e. The van der Waals surface area contributed by atoms with Crippen LogP contribution >= 0.6 is 0 Å². The molecule has 0 amide bonds. The van der Waals surface area contributed by atoms with Gasteiger partial charge in [0, 0.05) is 33.4 Å². The van der Waals surface area contributed by atoms with Crippen molar-refractivity contribution < 1.29 is 18.3 Å². The second-order valence-corrected chi connectivity index (χ2v) is 7.41. The molecule has 0 aliphatic rings. The molecule has 0 radical (unpaired) electrons. The molecule has 0 aromatic heterocycles. The van der Waals surface area contributed by atoms with Crippen molar-refractivity contribution >= 4 is 21.7 Å². The quantitative estimate of drug-likeness (QED) is 0.859. The summed E-state index contributed by atoms with van der Waals surface area (Å²) in [5, 5.41) is 8.89. The summed E-state index contributed by atoms with van der Waals surface area (Å²) in [6.07, 6.45) is 0. The molecule has 21 heavy (non-hydrogen) atoms. The van der Waals surface area contributed by atoms with Crippen LogP contribution in [0.2, 0.25) is 0 Å². The van der Waals surface area contributed by atoms with E-state index in [2.05, 4.69) is 0 Å². The van der Waals surface area contributed by atoms with E-state index in [1.807, 2.05) is 25.9 Å². The minimum Gasteiger partial charge on any atom is -0.481 e. The molecule has 118 valence electrons. The van der Waals surface area contributed by atoms with E-state index in [0.717, 1.165) is 15.6 Å². The first-order chi connectivity index (χ1) is 9.57. The van der Waals surface area contributed by atoms with Crippen molar-refractivity contribution in [2.45, 2.75) is 18.7 Å². The van der Waals surface area contributed by atoms with Gasteiger partial charge in [0.1, 0.15) is 0 Å². The number of carbonyl (C=O) groups is 1. The molecule has 0 saturated heterocycles. The fourth-order valence-electron chi connectivity index (χ4n) is 1.97. The highest BCUT2D eigenvalue weighted by molar-refractivity contribution is 7.89. The van der Waals surface area contributed by atoms with Crippen molar-refractivity contribution in [2.24, 2.45) is 5.92 Å². The minimum atomic E-state index is -3.70. The molecule has 1 atom stereocenters. The van der Waals surface area contributed by atoms with Gasteiger partial charge >= 0.3 is 5.97 Å². The van der Waals surface area contributed by atoms with E-state index in [1.165, 1.54) is 14.0 Å². The maximum atomic E-state index is 12.5. The van der Waals surface area contributed by atoms with E-state index in [-0.39, 0.29) is 11.4 Å². The molecule has 1 aromatic rings. The molecular weight excluding hydrogens is 292 g/mol. The zero-order chi connectivity index (χ0) is 16.4. The molecule has 0 saturated carbocycles. The zero-order valence-corrected chi connectivity index (χ0v) is 13.8. The fourth-order valence-corrected chi connectivity index (χ4v) is 3.25. The predicted octanol–water partition coefficient (Wildman–Crippen LogP) is 1.40. The van der Waals surface area contributed by atoms with Gasteiger partial charge < -0.3 is 10.0 Å². The largest absolute Gasteiger partial charge is 0.481 e.